The predicted octanol–water partition coefficient (Wildman–Crippen LogP) is 2.74. The monoisotopic (exact) mass is 216 g/mol. The molecule has 1 aliphatic heterocycles. The summed E-state index contributed by atoms with van der Waals surface area (Å²) in [4.78, 5) is 11.4. The summed E-state index contributed by atoms with van der Waals surface area (Å²) in [5.74, 6) is 1.26. The van der Waals surface area contributed by atoms with Gasteiger partial charge in [-0.25, -0.2) is 0 Å². The highest BCUT2D eigenvalue weighted by atomic mass is 16.5. The largest absolute Gasteiger partial charge is 0.489 e. The second-order valence-electron chi connectivity index (χ2n) is 4.29. The number of carbonyl (C=O) groups is 1. The smallest absolute Gasteiger partial charge is 0.199 e. The van der Waals surface area contributed by atoms with Gasteiger partial charge in [0, 0.05) is 11.5 Å². The lowest BCUT2D eigenvalue weighted by Gasteiger charge is -2.13. The summed E-state index contributed by atoms with van der Waals surface area (Å²) in [5.41, 5.74) is 2.07. The molecule has 0 amide bonds. The molecule has 0 aromatic heterocycles. The Kier molecular flexibility index (Phi) is 3.09. The molecule has 0 saturated heterocycles. The van der Waals surface area contributed by atoms with Crippen LogP contribution in [-0.4, -0.2) is 12.4 Å². The zero-order chi connectivity index (χ0) is 11.5. The van der Waals surface area contributed by atoms with Crippen LogP contribution in [0, 0.1) is 5.92 Å². The molecule has 1 aromatic carbocycles. The predicted molar refractivity (Wildman–Crippen MR) is 63.0 cm³/mol. The van der Waals surface area contributed by atoms with Gasteiger partial charge in [-0.15, -0.1) is 0 Å². The molecule has 16 heavy (non-hydrogen) atoms. The maximum atomic E-state index is 11.4. The molecule has 2 rings (SSSR count). The Hall–Kier alpha value is -1.57. The van der Waals surface area contributed by atoms with Crippen molar-refractivity contribution in [2.45, 2.75) is 20.3 Å². The number of carbonyl (C=O) groups excluding carboxylic acids is 1. The Labute approximate surface area is 95.9 Å². The lowest BCUT2D eigenvalue weighted by Crippen LogP contribution is -2.05. The van der Waals surface area contributed by atoms with Crippen molar-refractivity contribution in [3.63, 3.8) is 0 Å². The first-order chi connectivity index (χ1) is 7.68. The zero-order valence-corrected chi connectivity index (χ0v) is 9.69. The molecular weight excluding hydrogens is 200 g/mol. The first-order valence-electron chi connectivity index (χ1n) is 5.59. The third kappa shape index (κ3) is 2.16. The molecule has 0 fully saturated rings. The van der Waals surface area contributed by atoms with Crippen molar-refractivity contribution in [1.29, 1.82) is 0 Å². The molecule has 1 aromatic rings. The first-order valence-corrected chi connectivity index (χ1v) is 5.59. The van der Waals surface area contributed by atoms with E-state index in [2.05, 4.69) is 19.1 Å². The molecule has 1 unspecified atom stereocenters. The SMILES string of the molecule is CC1=C(C(C)Cc2ccccc2)OCC1=O. The maximum Gasteiger partial charge on any atom is 0.199 e. The number of ether oxygens (including phenoxy) is 1. The van der Waals surface area contributed by atoms with Crippen LogP contribution in [0.3, 0.4) is 0 Å². The molecule has 1 heterocycles. The van der Waals surface area contributed by atoms with Crippen LogP contribution >= 0.6 is 0 Å². The lowest BCUT2D eigenvalue weighted by atomic mass is 9.97. The zero-order valence-electron chi connectivity index (χ0n) is 9.69. The van der Waals surface area contributed by atoms with Gasteiger partial charge < -0.3 is 4.74 Å². The number of hydrogen-bond donors (Lipinski definition) is 0. The van der Waals surface area contributed by atoms with Gasteiger partial charge in [0.05, 0.1) is 0 Å². The molecule has 1 atom stereocenters. The van der Waals surface area contributed by atoms with Crippen LogP contribution in [0.2, 0.25) is 0 Å². The Morgan fingerprint density at radius 3 is 2.56 bits per heavy atom. The van der Waals surface area contributed by atoms with Crippen LogP contribution in [0.4, 0.5) is 0 Å². The summed E-state index contributed by atoms with van der Waals surface area (Å²) < 4.78 is 5.44. The van der Waals surface area contributed by atoms with Crippen LogP contribution in [0.15, 0.2) is 41.7 Å². The fourth-order valence-electron chi connectivity index (χ4n) is 2.07. The van der Waals surface area contributed by atoms with E-state index in [1.54, 1.807) is 0 Å². The van der Waals surface area contributed by atoms with Gasteiger partial charge in [-0.1, -0.05) is 37.3 Å². The number of rotatable bonds is 3. The second-order valence-corrected chi connectivity index (χ2v) is 4.29. The average Bonchev–Trinajstić information content (AvgIpc) is 2.61. The van der Waals surface area contributed by atoms with Crippen molar-refractivity contribution in [3.05, 3.63) is 47.2 Å². The third-order valence-corrected chi connectivity index (χ3v) is 2.98. The lowest BCUT2D eigenvalue weighted by molar-refractivity contribution is -0.116. The summed E-state index contributed by atoms with van der Waals surface area (Å²) in [6.45, 7) is 4.18. The van der Waals surface area contributed by atoms with Crippen LogP contribution in [0.25, 0.3) is 0 Å². The Bertz CT molecular complexity index is 418. The molecular formula is C14H16O2. The molecule has 84 valence electrons. The van der Waals surface area contributed by atoms with Gasteiger partial charge in [0.1, 0.15) is 5.76 Å². The van der Waals surface area contributed by atoms with Gasteiger partial charge in [-0.05, 0) is 18.9 Å². The van der Waals surface area contributed by atoms with Crippen molar-refractivity contribution in [2.24, 2.45) is 5.92 Å². The van der Waals surface area contributed by atoms with E-state index < -0.39 is 0 Å². The summed E-state index contributed by atoms with van der Waals surface area (Å²) >= 11 is 0. The van der Waals surface area contributed by atoms with E-state index in [0.717, 1.165) is 17.8 Å². The fraction of sp³-hybridized carbons (Fsp3) is 0.357. The quantitative estimate of drug-likeness (QED) is 0.776. The first kappa shape index (κ1) is 10.9. The molecule has 1 aliphatic rings. The summed E-state index contributed by atoms with van der Waals surface area (Å²) in [7, 11) is 0. The molecule has 0 N–H and O–H groups in total. The minimum atomic E-state index is 0.120. The van der Waals surface area contributed by atoms with Gasteiger partial charge in [0.25, 0.3) is 0 Å². The summed E-state index contributed by atoms with van der Waals surface area (Å²) in [6, 6.07) is 10.3. The molecule has 0 aliphatic carbocycles. The van der Waals surface area contributed by atoms with E-state index in [0.29, 0.717) is 0 Å². The van der Waals surface area contributed by atoms with Gasteiger partial charge in [-0.3, -0.25) is 4.79 Å². The average molecular weight is 216 g/mol. The second kappa shape index (κ2) is 4.52. The number of hydrogen-bond acceptors (Lipinski definition) is 2. The number of allylic oxidation sites excluding steroid dienone is 1. The summed E-state index contributed by atoms with van der Waals surface area (Å²) in [6.07, 6.45) is 0.917. The van der Waals surface area contributed by atoms with Gasteiger partial charge in [0.15, 0.2) is 12.4 Å². The third-order valence-electron chi connectivity index (χ3n) is 2.98. The van der Waals surface area contributed by atoms with E-state index in [-0.39, 0.29) is 18.3 Å². The van der Waals surface area contributed by atoms with Crippen molar-refractivity contribution in [3.8, 4) is 0 Å². The molecule has 2 heteroatoms. The summed E-state index contributed by atoms with van der Waals surface area (Å²) in [5, 5.41) is 0. The molecule has 0 saturated carbocycles. The highest BCUT2D eigenvalue weighted by Crippen LogP contribution is 2.25. The fourth-order valence-corrected chi connectivity index (χ4v) is 2.07. The van der Waals surface area contributed by atoms with E-state index in [9.17, 15) is 4.79 Å². The van der Waals surface area contributed by atoms with Crippen molar-refractivity contribution < 1.29 is 9.53 Å². The Morgan fingerprint density at radius 1 is 1.31 bits per heavy atom. The van der Waals surface area contributed by atoms with Crippen LogP contribution in [0.1, 0.15) is 19.4 Å². The van der Waals surface area contributed by atoms with E-state index in [1.807, 2.05) is 25.1 Å². The van der Waals surface area contributed by atoms with Gasteiger partial charge in [-0.2, -0.15) is 0 Å². The van der Waals surface area contributed by atoms with Crippen molar-refractivity contribution in [2.75, 3.05) is 6.61 Å². The Balaban J connectivity index is 2.10. The normalized spacial score (nSPS) is 17.5. The number of Topliss-reactive ketones (excluding diaryl/α,β-unsaturated/α-hetero) is 1. The topological polar surface area (TPSA) is 26.3 Å². The molecule has 0 radical (unpaired) electrons. The van der Waals surface area contributed by atoms with Crippen LogP contribution < -0.4 is 0 Å². The minimum Gasteiger partial charge on any atom is -0.489 e. The molecule has 2 nitrogen and oxygen atoms in total. The highest BCUT2D eigenvalue weighted by Gasteiger charge is 2.24. The molecule has 0 bridgehead atoms. The van der Waals surface area contributed by atoms with E-state index in [1.165, 1.54) is 5.56 Å². The van der Waals surface area contributed by atoms with Gasteiger partial charge in [0.2, 0.25) is 0 Å². The van der Waals surface area contributed by atoms with E-state index >= 15 is 0 Å². The standard InChI is InChI=1S/C14H16O2/c1-10(8-12-6-4-3-5-7-12)14-11(2)13(15)9-16-14/h3-7,10H,8-9H2,1-2H3. The van der Waals surface area contributed by atoms with Crippen LogP contribution in [-0.2, 0) is 16.0 Å². The minimum absolute atomic E-state index is 0.120. The number of benzene rings is 1. The van der Waals surface area contributed by atoms with E-state index in [4.69, 9.17) is 4.74 Å². The Morgan fingerprint density at radius 2 is 2.00 bits per heavy atom. The van der Waals surface area contributed by atoms with Gasteiger partial charge >= 0.3 is 0 Å². The van der Waals surface area contributed by atoms with Crippen molar-refractivity contribution >= 4 is 5.78 Å². The number of ketones is 1. The van der Waals surface area contributed by atoms with Crippen molar-refractivity contribution in [1.82, 2.24) is 0 Å². The molecule has 0 spiro atoms. The maximum absolute atomic E-state index is 11.4. The van der Waals surface area contributed by atoms with Crippen LogP contribution in [0.5, 0.6) is 0 Å². The highest BCUT2D eigenvalue weighted by molar-refractivity contribution is 5.98.